The minimum Gasteiger partial charge on any atom is -0.378 e. The highest BCUT2D eigenvalue weighted by atomic mass is 16.5. The van der Waals surface area contributed by atoms with Gasteiger partial charge in [0.2, 0.25) is 0 Å². The number of aromatic nitrogens is 2. The Morgan fingerprint density at radius 2 is 2.00 bits per heavy atom. The van der Waals surface area contributed by atoms with Crippen LogP contribution in [0.4, 0.5) is 5.69 Å². The summed E-state index contributed by atoms with van der Waals surface area (Å²) in [5.74, 6) is 0.474. The Hall–Kier alpha value is -2.34. The van der Waals surface area contributed by atoms with E-state index < -0.39 is 0 Å². The molecule has 6 nitrogen and oxygen atoms in total. The first-order valence-electron chi connectivity index (χ1n) is 9.03. The number of carbonyl (C=O) groups is 1. The van der Waals surface area contributed by atoms with Crippen molar-refractivity contribution in [2.24, 2.45) is 0 Å². The minimum atomic E-state index is 0.131. The quantitative estimate of drug-likeness (QED) is 0.931. The second kappa shape index (κ2) is 7.27. The Labute approximate surface area is 147 Å². The molecule has 1 unspecified atom stereocenters. The van der Waals surface area contributed by atoms with Crippen LogP contribution in [0.1, 0.15) is 34.8 Å². The maximum atomic E-state index is 13.2. The monoisotopic (exact) mass is 340 g/mol. The summed E-state index contributed by atoms with van der Waals surface area (Å²) in [5, 5.41) is 7.11. The van der Waals surface area contributed by atoms with Crippen LogP contribution >= 0.6 is 0 Å². The van der Waals surface area contributed by atoms with Crippen LogP contribution in [0.15, 0.2) is 36.5 Å². The summed E-state index contributed by atoms with van der Waals surface area (Å²) < 4.78 is 5.45. The van der Waals surface area contributed by atoms with Gasteiger partial charge in [0, 0.05) is 49.7 Å². The molecule has 2 fully saturated rings. The molecule has 1 amide bonds. The number of ether oxygens (including phenoxy) is 1. The molecule has 0 radical (unpaired) electrons. The lowest BCUT2D eigenvalue weighted by molar-refractivity contribution is 0.0705. The molecule has 0 saturated carbocycles. The first kappa shape index (κ1) is 16.1. The molecule has 2 saturated heterocycles. The Kier molecular flexibility index (Phi) is 4.70. The lowest BCUT2D eigenvalue weighted by Gasteiger charge is -2.34. The summed E-state index contributed by atoms with van der Waals surface area (Å²) in [6.45, 7) is 4.67. The number of para-hydroxylation sites is 1. The Balaban J connectivity index is 1.54. The van der Waals surface area contributed by atoms with Gasteiger partial charge < -0.3 is 14.5 Å². The maximum absolute atomic E-state index is 13.2. The van der Waals surface area contributed by atoms with Crippen molar-refractivity contribution in [3.05, 3.63) is 47.8 Å². The number of rotatable bonds is 3. The molecule has 3 heterocycles. The van der Waals surface area contributed by atoms with E-state index in [1.807, 2.05) is 29.2 Å². The van der Waals surface area contributed by atoms with Crippen LogP contribution in [0.3, 0.4) is 0 Å². The van der Waals surface area contributed by atoms with Gasteiger partial charge in [-0.3, -0.25) is 9.89 Å². The zero-order chi connectivity index (χ0) is 17.1. The topological polar surface area (TPSA) is 61.5 Å². The van der Waals surface area contributed by atoms with Crippen molar-refractivity contribution in [2.75, 3.05) is 44.3 Å². The first-order valence-corrected chi connectivity index (χ1v) is 9.03. The molecule has 6 heteroatoms. The lowest BCUT2D eigenvalue weighted by atomic mass is 9.94. The van der Waals surface area contributed by atoms with Crippen molar-refractivity contribution in [3.63, 3.8) is 0 Å². The fraction of sp³-hybridized carbons (Fsp3) is 0.474. The third-order valence-corrected chi connectivity index (χ3v) is 5.16. The number of aromatic amines is 1. The van der Waals surface area contributed by atoms with Crippen molar-refractivity contribution in [2.45, 2.75) is 18.8 Å². The van der Waals surface area contributed by atoms with Gasteiger partial charge >= 0.3 is 0 Å². The third kappa shape index (κ3) is 3.39. The minimum absolute atomic E-state index is 0.131. The zero-order valence-corrected chi connectivity index (χ0v) is 14.4. The van der Waals surface area contributed by atoms with Crippen LogP contribution in [0.2, 0.25) is 0 Å². The van der Waals surface area contributed by atoms with Crippen molar-refractivity contribution >= 4 is 11.6 Å². The molecule has 2 aliphatic rings. The van der Waals surface area contributed by atoms with Crippen molar-refractivity contribution in [1.82, 2.24) is 15.1 Å². The van der Waals surface area contributed by atoms with Gasteiger partial charge in [-0.2, -0.15) is 5.10 Å². The molecule has 2 aromatic rings. The van der Waals surface area contributed by atoms with E-state index in [9.17, 15) is 4.79 Å². The van der Waals surface area contributed by atoms with E-state index in [1.54, 1.807) is 6.20 Å². The summed E-state index contributed by atoms with van der Waals surface area (Å²) in [5.41, 5.74) is 2.95. The molecule has 1 atom stereocenters. The predicted molar refractivity (Wildman–Crippen MR) is 95.9 cm³/mol. The van der Waals surface area contributed by atoms with E-state index in [0.29, 0.717) is 19.1 Å². The number of carbonyl (C=O) groups excluding carboxylic acids is 1. The van der Waals surface area contributed by atoms with Crippen molar-refractivity contribution in [3.8, 4) is 0 Å². The number of hydrogen-bond acceptors (Lipinski definition) is 4. The number of amides is 1. The van der Waals surface area contributed by atoms with Crippen LogP contribution in [-0.2, 0) is 4.74 Å². The molecule has 1 N–H and O–H groups in total. The summed E-state index contributed by atoms with van der Waals surface area (Å²) in [4.78, 5) is 17.5. The van der Waals surface area contributed by atoms with Crippen LogP contribution in [0, 0.1) is 0 Å². The number of nitrogens with one attached hydrogen (secondary N) is 1. The number of hydrogen-bond donors (Lipinski definition) is 1. The van der Waals surface area contributed by atoms with Gasteiger partial charge in [-0.15, -0.1) is 0 Å². The predicted octanol–water partition coefficient (Wildman–Crippen LogP) is 2.27. The molecular weight excluding hydrogens is 316 g/mol. The van der Waals surface area contributed by atoms with Crippen LogP contribution in [0.25, 0.3) is 0 Å². The molecule has 2 aliphatic heterocycles. The number of anilines is 1. The normalized spacial score (nSPS) is 21.4. The highest BCUT2D eigenvalue weighted by molar-refractivity contribution is 6.00. The smallest absolute Gasteiger partial charge is 0.255 e. The van der Waals surface area contributed by atoms with Crippen LogP contribution in [0.5, 0.6) is 0 Å². The molecule has 1 aromatic heterocycles. The van der Waals surface area contributed by atoms with E-state index in [1.165, 1.54) is 0 Å². The molecule has 4 rings (SSSR count). The third-order valence-electron chi connectivity index (χ3n) is 5.16. The van der Waals surface area contributed by atoms with Gasteiger partial charge in [-0.05, 0) is 31.0 Å². The van der Waals surface area contributed by atoms with Gasteiger partial charge in [0.1, 0.15) is 0 Å². The largest absolute Gasteiger partial charge is 0.378 e. The van der Waals surface area contributed by atoms with E-state index in [2.05, 4.69) is 21.2 Å². The summed E-state index contributed by atoms with van der Waals surface area (Å²) in [7, 11) is 0. The van der Waals surface area contributed by atoms with E-state index in [4.69, 9.17) is 4.74 Å². The van der Waals surface area contributed by atoms with Gasteiger partial charge in [-0.25, -0.2) is 0 Å². The highest BCUT2D eigenvalue weighted by Crippen LogP contribution is 2.29. The zero-order valence-electron chi connectivity index (χ0n) is 14.4. The SMILES string of the molecule is O=C(c1ccccc1N1CCOCC1)N1CCCC(c2ccn[nH]2)C1. The van der Waals surface area contributed by atoms with Crippen molar-refractivity contribution < 1.29 is 9.53 Å². The summed E-state index contributed by atoms with van der Waals surface area (Å²) in [6.07, 6.45) is 3.90. The van der Waals surface area contributed by atoms with Crippen molar-refractivity contribution in [1.29, 1.82) is 0 Å². The Bertz CT molecular complexity index is 710. The average molecular weight is 340 g/mol. The molecule has 1 aromatic carbocycles. The van der Waals surface area contributed by atoms with Crippen LogP contribution < -0.4 is 4.90 Å². The number of piperidine rings is 1. The Morgan fingerprint density at radius 1 is 1.16 bits per heavy atom. The van der Waals surface area contributed by atoms with Crippen LogP contribution in [-0.4, -0.2) is 60.4 Å². The summed E-state index contributed by atoms with van der Waals surface area (Å²) in [6, 6.07) is 9.97. The standard InChI is InChI=1S/C19H24N4O2/c24-19(23-9-3-4-15(14-23)17-7-8-20-21-17)16-5-1-2-6-18(16)22-10-12-25-13-11-22/h1-2,5-8,15H,3-4,9-14H2,(H,20,21). The average Bonchev–Trinajstić information content (AvgIpc) is 3.23. The molecule has 132 valence electrons. The number of benzene rings is 1. The number of nitrogens with zero attached hydrogens (tertiary/aromatic N) is 3. The first-order chi connectivity index (χ1) is 12.3. The molecule has 0 spiro atoms. The molecule has 25 heavy (non-hydrogen) atoms. The fourth-order valence-electron chi connectivity index (χ4n) is 3.81. The number of H-pyrrole nitrogens is 1. The summed E-state index contributed by atoms with van der Waals surface area (Å²) >= 11 is 0. The van der Waals surface area contributed by atoms with Gasteiger partial charge in [0.05, 0.1) is 18.8 Å². The van der Waals surface area contributed by atoms with E-state index in [0.717, 1.165) is 56.0 Å². The van der Waals surface area contributed by atoms with Gasteiger partial charge in [0.25, 0.3) is 5.91 Å². The number of morpholine rings is 1. The molecular formula is C19H24N4O2. The lowest BCUT2D eigenvalue weighted by Crippen LogP contribution is -2.41. The van der Waals surface area contributed by atoms with E-state index >= 15 is 0 Å². The highest BCUT2D eigenvalue weighted by Gasteiger charge is 2.28. The second-order valence-electron chi connectivity index (χ2n) is 6.72. The number of likely N-dealkylation sites (tertiary alicyclic amines) is 1. The fourth-order valence-corrected chi connectivity index (χ4v) is 3.81. The van der Waals surface area contributed by atoms with Gasteiger partial charge in [-0.1, -0.05) is 12.1 Å². The van der Waals surface area contributed by atoms with Gasteiger partial charge in [0.15, 0.2) is 0 Å². The second-order valence-corrected chi connectivity index (χ2v) is 6.72. The maximum Gasteiger partial charge on any atom is 0.255 e. The van der Waals surface area contributed by atoms with E-state index in [-0.39, 0.29) is 5.91 Å². The Morgan fingerprint density at radius 3 is 2.80 bits per heavy atom. The molecule has 0 aliphatic carbocycles. The molecule has 0 bridgehead atoms.